The third-order valence-electron chi connectivity index (χ3n) is 3.25. The summed E-state index contributed by atoms with van der Waals surface area (Å²) in [5.41, 5.74) is 0.386. The molecule has 0 fully saturated rings. The van der Waals surface area contributed by atoms with Crippen molar-refractivity contribution in [2.24, 2.45) is 0 Å². The van der Waals surface area contributed by atoms with Crippen LogP contribution in [0, 0.1) is 0 Å². The van der Waals surface area contributed by atoms with Crippen LogP contribution in [0.25, 0.3) is 0 Å². The largest absolute Gasteiger partial charge is 1.00 e. The minimum Gasteiger partial charge on any atom is -0.776 e. The third-order valence-corrected chi connectivity index (χ3v) is 6.86. The quantitative estimate of drug-likeness (QED) is 0.207. The minimum absolute atomic E-state index is 0. The van der Waals surface area contributed by atoms with Gasteiger partial charge < -0.3 is 33.8 Å². The van der Waals surface area contributed by atoms with Crippen LogP contribution in [0.5, 0.6) is 0 Å². The fourth-order valence-corrected chi connectivity index (χ4v) is 3.78. The van der Waals surface area contributed by atoms with E-state index in [0.29, 0.717) is 12.1 Å². The van der Waals surface area contributed by atoms with Crippen molar-refractivity contribution in [2.75, 3.05) is 0 Å². The topological polar surface area (TPSA) is 172 Å². The normalized spacial score (nSPS) is 18.4. The summed E-state index contributed by atoms with van der Waals surface area (Å²) in [6.45, 7) is 0.872. The number of aryl methyl sites for hydroxylation is 1. The molecular formula is C10H19N3Na2O7P2. The van der Waals surface area contributed by atoms with E-state index in [-0.39, 0.29) is 59.1 Å². The van der Waals surface area contributed by atoms with Gasteiger partial charge in [0.05, 0.1) is 18.4 Å². The van der Waals surface area contributed by atoms with Crippen molar-refractivity contribution in [3.8, 4) is 0 Å². The average Bonchev–Trinajstić information content (AvgIpc) is 2.79. The van der Waals surface area contributed by atoms with Crippen LogP contribution in [-0.4, -0.2) is 35.0 Å². The fourth-order valence-electron chi connectivity index (χ4n) is 1.88. The van der Waals surface area contributed by atoms with Crippen molar-refractivity contribution < 1.29 is 92.9 Å². The summed E-state index contributed by atoms with van der Waals surface area (Å²) in [5.74, 6) is 0. The fraction of sp³-hybridized carbons (Fsp3) is 0.800. The summed E-state index contributed by atoms with van der Waals surface area (Å²) in [4.78, 5) is 40.3. The predicted molar refractivity (Wildman–Crippen MR) is 72.5 cm³/mol. The second-order valence-corrected chi connectivity index (χ2v) is 8.92. The zero-order valence-electron chi connectivity index (χ0n) is 14.0. The summed E-state index contributed by atoms with van der Waals surface area (Å²) < 4.78 is 23.2. The molecule has 10 nitrogen and oxygen atoms in total. The van der Waals surface area contributed by atoms with Crippen molar-refractivity contribution in [3.05, 3.63) is 11.9 Å². The van der Waals surface area contributed by atoms with Crippen molar-refractivity contribution >= 4 is 15.2 Å². The number of unbranched alkanes of at least 4 members (excludes halogenated alkanes) is 3. The molecule has 0 radical (unpaired) electrons. The molecule has 1 aromatic heterocycles. The molecule has 0 saturated carbocycles. The van der Waals surface area contributed by atoms with Gasteiger partial charge in [-0.2, -0.15) is 0 Å². The second-order valence-electron chi connectivity index (χ2n) is 5.01. The predicted octanol–water partition coefficient (Wildman–Crippen LogP) is -6.85. The molecule has 0 bridgehead atoms. The van der Waals surface area contributed by atoms with E-state index in [9.17, 15) is 24.0 Å². The van der Waals surface area contributed by atoms with Crippen LogP contribution in [0.4, 0.5) is 0 Å². The minimum atomic E-state index is -5.82. The number of hydrogen-bond donors (Lipinski definition) is 3. The molecule has 0 aromatic carbocycles. The zero-order chi connectivity index (χ0) is 17.0. The maximum absolute atomic E-state index is 11.2. The molecule has 0 aliphatic rings. The number of aliphatic hydroxyl groups is 1. The van der Waals surface area contributed by atoms with Gasteiger partial charge in [0.2, 0.25) is 5.08 Å². The van der Waals surface area contributed by atoms with Gasteiger partial charge in [0, 0.05) is 0 Å². The van der Waals surface area contributed by atoms with Gasteiger partial charge in [0.1, 0.15) is 0 Å². The summed E-state index contributed by atoms with van der Waals surface area (Å²) in [7, 11) is -11.6. The summed E-state index contributed by atoms with van der Waals surface area (Å²) in [6.07, 6.45) is 5.40. The van der Waals surface area contributed by atoms with E-state index >= 15 is 0 Å². The molecule has 0 spiro atoms. The van der Waals surface area contributed by atoms with Crippen molar-refractivity contribution in [1.82, 2.24) is 15.0 Å². The van der Waals surface area contributed by atoms with Gasteiger partial charge in [-0.3, -0.25) is 0 Å². The molecular weight excluding hydrogens is 382 g/mol. The second kappa shape index (κ2) is 11.3. The maximum Gasteiger partial charge on any atom is 1.00 e. The van der Waals surface area contributed by atoms with Gasteiger partial charge in [0.25, 0.3) is 0 Å². The Hall–Kier alpha value is 1.40. The summed E-state index contributed by atoms with van der Waals surface area (Å²) >= 11 is 0. The maximum atomic E-state index is 11.2. The number of hydrogen-bond acceptors (Lipinski definition) is 7. The molecule has 2 atom stereocenters. The van der Waals surface area contributed by atoms with Crippen LogP contribution >= 0.6 is 15.2 Å². The first-order valence-electron chi connectivity index (χ1n) is 6.70. The molecule has 1 rings (SSSR count). The Morgan fingerprint density at radius 2 is 1.71 bits per heavy atom. The Morgan fingerprint density at radius 3 is 2.17 bits per heavy atom. The Kier molecular flexibility index (Phi) is 13.0. The van der Waals surface area contributed by atoms with E-state index in [0.717, 1.165) is 30.4 Å². The molecule has 0 aliphatic carbocycles. The summed E-state index contributed by atoms with van der Waals surface area (Å²) in [5, 5.41) is 13.0. The monoisotopic (exact) mass is 401 g/mol. The van der Waals surface area contributed by atoms with Crippen molar-refractivity contribution in [3.63, 3.8) is 0 Å². The van der Waals surface area contributed by atoms with Gasteiger partial charge in [-0.1, -0.05) is 31.4 Å². The molecule has 14 heteroatoms. The summed E-state index contributed by atoms with van der Waals surface area (Å²) in [6, 6.07) is 0. The van der Waals surface area contributed by atoms with E-state index in [1.165, 1.54) is 6.20 Å². The third kappa shape index (κ3) is 7.19. The first kappa shape index (κ1) is 27.6. The standard InChI is InChI=1S/C10H21N3O7P2.2Na/c1-2-3-4-5-6-9-7-11-12-13(9)8-10(14,21(15,16)17)22(18,19)20;;/h7,14H,2-6,8H2,1H3,(H2,15,16,17)(H2,18,19,20);;/q;2*+1/p-2. The average molecular weight is 401 g/mol. The SMILES string of the molecule is CCCCCCc1cnnn1CC(O)(P(=O)([O-])O)P(=O)([O-])O.[Na+].[Na+]. The number of rotatable bonds is 9. The van der Waals surface area contributed by atoms with Crippen LogP contribution in [-0.2, 0) is 22.1 Å². The van der Waals surface area contributed by atoms with Crippen molar-refractivity contribution in [1.29, 1.82) is 0 Å². The molecule has 0 amide bonds. The van der Waals surface area contributed by atoms with E-state index in [1.807, 2.05) is 6.92 Å². The Morgan fingerprint density at radius 1 is 1.17 bits per heavy atom. The Labute approximate surface area is 184 Å². The van der Waals surface area contributed by atoms with Crippen LogP contribution < -0.4 is 68.9 Å². The molecule has 0 saturated heterocycles. The van der Waals surface area contributed by atoms with E-state index in [2.05, 4.69) is 10.3 Å². The van der Waals surface area contributed by atoms with Gasteiger partial charge in [-0.15, -0.1) is 5.10 Å². The zero-order valence-corrected chi connectivity index (χ0v) is 19.8. The van der Waals surface area contributed by atoms with Gasteiger partial charge in [0.15, 0.2) is 15.2 Å². The molecule has 1 aromatic rings. The van der Waals surface area contributed by atoms with Gasteiger partial charge >= 0.3 is 59.1 Å². The van der Waals surface area contributed by atoms with E-state index in [4.69, 9.17) is 9.79 Å². The van der Waals surface area contributed by atoms with Crippen molar-refractivity contribution in [2.45, 2.75) is 50.7 Å². The Bertz CT molecular complexity index is 567. The molecule has 3 N–H and O–H groups in total. The number of aromatic nitrogens is 3. The molecule has 2 unspecified atom stereocenters. The number of nitrogens with zero attached hydrogens (tertiary/aromatic N) is 3. The van der Waals surface area contributed by atoms with E-state index in [1.54, 1.807) is 0 Å². The first-order chi connectivity index (χ1) is 10.0. The van der Waals surface area contributed by atoms with Crippen LogP contribution in [0.3, 0.4) is 0 Å². The van der Waals surface area contributed by atoms with Crippen LogP contribution in [0.15, 0.2) is 6.20 Å². The molecule has 1 heterocycles. The van der Waals surface area contributed by atoms with Gasteiger partial charge in [-0.25, -0.2) is 4.68 Å². The first-order valence-corrected chi connectivity index (χ1v) is 9.86. The molecule has 128 valence electrons. The van der Waals surface area contributed by atoms with Crippen LogP contribution in [0.2, 0.25) is 0 Å². The van der Waals surface area contributed by atoms with Gasteiger partial charge in [-0.05, 0) is 12.8 Å². The molecule has 24 heavy (non-hydrogen) atoms. The van der Waals surface area contributed by atoms with Crippen LogP contribution in [0.1, 0.15) is 38.3 Å². The smallest absolute Gasteiger partial charge is 0.776 e. The Balaban J connectivity index is 0. The van der Waals surface area contributed by atoms with E-state index < -0.39 is 26.8 Å². The molecule has 0 aliphatic heterocycles.